The molecule has 0 radical (unpaired) electrons. The fourth-order valence-corrected chi connectivity index (χ4v) is 0.586. The first-order valence-electron chi connectivity index (χ1n) is 3.06. The summed E-state index contributed by atoms with van der Waals surface area (Å²) in [5, 5.41) is 33.4. The number of allylic oxidation sites excluding steroid dienone is 2. The third-order valence-corrected chi connectivity index (χ3v) is 1.15. The molecule has 0 heterocycles. The lowest BCUT2D eigenvalue weighted by Crippen LogP contribution is -1.86. The van der Waals surface area contributed by atoms with Crippen LogP contribution >= 0.6 is 0 Å². The van der Waals surface area contributed by atoms with Gasteiger partial charge in [-0.05, 0) is 0 Å². The maximum absolute atomic E-state index is 8.47. The van der Waals surface area contributed by atoms with E-state index in [1.807, 2.05) is 0 Å². The molecule has 0 aromatic carbocycles. The molecule has 0 rings (SSSR count). The molecule has 0 N–H and O–H groups in total. The second-order valence-corrected chi connectivity index (χ2v) is 1.85. The van der Waals surface area contributed by atoms with Gasteiger partial charge in [0.2, 0.25) is 0 Å². The minimum absolute atomic E-state index is 0.0848. The second kappa shape index (κ2) is 5.48. The summed E-state index contributed by atoms with van der Waals surface area (Å²) in [6.45, 7) is 0. The van der Waals surface area contributed by atoms with Crippen molar-refractivity contribution in [3.05, 3.63) is 11.1 Å². The maximum atomic E-state index is 8.47. The normalized spacial score (nSPS) is 9.67. The van der Waals surface area contributed by atoms with Crippen LogP contribution in [0.15, 0.2) is 11.1 Å². The Morgan fingerprint density at radius 3 is 1.25 bits per heavy atom. The van der Waals surface area contributed by atoms with E-state index in [2.05, 4.69) is 0 Å². The lowest BCUT2D eigenvalue weighted by atomic mass is 10.1. The zero-order chi connectivity index (χ0) is 9.40. The van der Waals surface area contributed by atoms with Crippen LogP contribution in [0, 0.1) is 45.3 Å². The van der Waals surface area contributed by atoms with E-state index >= 15 is 0 Å². The predicted molar refractivity (Wildman–Crippen MR) is 38.7 cm³/mol. The van der Waals surface area contributed by atoms with Gasteiger partial charge in [-0.2, -0.15) is 21.0 Å². The highest BCUT2D eigenvalue weighted by atomic mass is 14.3. The zero-order valence-corrected chi connectivity index (χ0v) is 6.20. The molecule has 0 saturated heterocycles. The molecule has 0 atom stereocenters. The monoisotopic (exact) mass is 156 g/mol. The number of rotatable bonds is 2. The smallest absolute Gasteiger partial charge is 0.0968 e. The van der Waals surface area contributed by atoms with Crippen LogP contribution in [0.4, 0.5) is 0 Å². The Balaban J connectivity index is 4.86. The summed E-state index contributed by atoms with van der Waals surface area (Å²) in [5.74, 6) is 0. The Morgan fingerprint density at radius 1 is 0.750 bits per heavy atom. The molecule has 0 aliphatic heterocycles. The van der Waals surface area contributed by atoms with Crippen LogP contribution in [-0.2, 0) is 0 Å². The number of hydrogen-bond donors (Lipinski definition) is 0. The van der Waals surface area contributed by atoms with Crippen molar-refractivity contribution >= 4 is 0 Å². The van der Waals surface area contributed by atoms with E-state index in [0.717, 1.165) is 0 Å². The largest absolute Gasteiger partial charge is 0.198 e. The Labute approximate surface area is 70.2 Å². The molecule has 0 saturated carbocycles. The van der Waals surface area contributed by atoms with Gasteiger partial charge in [0.15, 0.2) is 0 Å². The first-order chi connectivity index (χ1) is 5.79. The molecule has 0 aliphatic carbocycles. The average molecular weight is 156 g/mol. The SMILES string of the molecule is N#CCC(C#N)=C(C#N)CC#N. The van der Waals surface area contributed by atoms with Gasteiger partial charge in [0.1, 0.15) is 0 Å². The molecular weight excluding hydrogens is 152 g/mol. The molecule has 12 heavy (non-hydrogen) atoms. The van der Waals surface area contributed by atoms with Crippen LogP contribution < -0.4 is 0 Å². The Kier molecular flexibility index (Phi) is 4.43. The first-order valence-corrected chi connectivity index (χ1v) is 3.06. The molecule has 4 nitrogen and oxygen atoms in total. The number of nitriles is 4. The van der Waals surface area contributed by atoms with Gasteiger partial charge in [-0.15, -0.1) is 0 Å². The highest BCUT2D eigenvalue weighted by Gasteiger charge is 2.04. The number of hydrogen-bond acceptors (Lipinski definition) is 4. The van der Waals surface area contributed by atoms with Crippen molar-refractivity contribution in [3.8, 4) is 24.3 Å². The van der Waals surface area contributed by atoms with Gasteiger partial charge < -0.3 is 0 Å². The van der Waals surface area contributed by atoms with Crippen LogP contribution in [0.5, 0.6) is 0 Å². The van der Waals surface area contributed by atoms with Crippen molar-refractivity contribution in [3.63, 3.8) is 0 Å². The van der Waals surface area contributed by atoms with Gasteiger partial charge in [0, 0.05) is 0 Å². The topological polar surface area (TPSA) is 95.2 Å². The van der Waals surface area contributed by atoms with Crippen LogP contribution in [0.3, 0.4) is 0 Å². The van der Waals surface area contributed by atoms with Crippen molar-refractivity contribution in [2.45, 2.75) is 12.8 Å². The Morgan fingerprint density at radius 2 is 1.08 bits per heavy atom. The maximum Gasteiger partial charge on any atom is 0.0968 e. The van der Waals surface area contributed by atoms with Gasteiger partial charge in [0.05, 0.1) is 48.3 Å². The molecule has 4 heteroatoms. The van der Waals surface area contributed by atoms with Crippen LogP contribution in [0.25, 0.3) is 0 Å². The molecule has 0 unspecified atom stereocenters. The summed E-state index contributed by atoms with van der Waals surface area (Å²) < 4.78 is 0. The van der Waals surface area contributed by atoms with Gasteiger partial charge >= 0.3 is 0 Å². The van der Waals surface area contributed by atoms with Crippen LogP contribution in [0.1, 0.15) is 12.8 Å². The van der Waals surface area contributed by atoms with Crippen molar-refractivity contribution in [2.24, 2.45) is 0 Å². The summed E-state index contributed by atoms with van der Waals surface area (Å²) in [6, 6.07) is 6.95. The van der Waals surface area contributed by atoms with Gasteiger partial charge in [-0.1, -0.05) is 0 Å². The van der Waals surface area contributed by atoms with Crippen LogP contribution in [0.2, 0.25) is 0 Å². The predicted octanol–water partition coefficient (Wildman–Crippen LogP) is 1.16. The Bertz CT molecular complexity index is 314. The summed E-state index contributed by atoms with van der Waals surface area (Å²) in [6.07, 6.45) is -0.220. The molecule has 0 aromatic heterocycles. The van der Waals surface area contributed by atoms with Gasteiger partial charge in [-0.25, -0.2) is 0 Å². The average Bonchev–Trinajstić information content (AvgIpc) is 2.11. The van der Waals surface area contributed by atoms with Crippen molar-refractivity contribution in [2.75, 3.05) is 0 Å². The molecule has 0 bridgehead atoms. The molecular formula is C8H4N4. The fourth-order valence-electron chi connectivity index (χ4n) is 0.586. The van der Waals surface area contributed by atoms with E-state index in [4.69, 9.17) is 21.0 Å². The third-order valence-electron chi connectivity index (χ3n) is 1.15. The molecule has 0 aliphatic rings. The summed E-state index contributed by atoms with van der Waals surface area (Å²) >= 11 is 0. The summed E-state index contributed by atoms with van der Waals surface area (Å²) in [4.78, 5) is 0. The minimum Gasteiger partial charge on any atom is -0.198 e. The summed E-state index contributed by atoms with van der Waals surface area (Å²) in [5.41, 5.74) is 0.170. The van der Waals surface area contributed by atoms with Crippen LogP contribution in [-0.4, -0.2) is 0 Å². The van der Waals surface area contributed by atoms with Crippen molar-refractivity contribution in [1.82, 2.24) is 0 Å². The van der Waals surface area contributed by atoms with E-state index in [1.54, 1.807) is 24.3 Å². The van der Waals surface area contributed by atoms with Gasteiger partial charge in [0.25, 0.3) is 0 Å². The fraction of sp³-hybridized carbons (Fsp3) is 0.250. The molecule has 0 amide bonds. The molecule has 0 fully saturated rings. The van der Waals surface area contributed by atoms with E-state index < -0.39 is 0 Å². The Hall–Kier alpha value is -2.30. The zero-order valence-electron chi connectivity index (χ0n) is 6.20. The third kappa shape index (κ3) is 2.53. The molecule has 0 aromatic rings. The number of nitrogens with zero attached hydrogens (tertiary/aromatic N) is 4. The second-order valence-electron chi connectivity index (χ2n) is 1.85. The summed E-state index contributed by atoms with van der Waals surface area (Å²) in [7, 11) is 0. The van der Waals surface area contributed by atoms with Gasteiger partial charge in [-0.3, -0.25) is 0 Å². The standard InChI is InChI=1S/C8H4N4/c9-3-1-7(5-11)8(6-12)2-4-10/h1-2H2. The van der Waals surface area contributed by atoms with Crippen molar-refractivity contribution in [1.29, 1.82) is 21.0 Å². The van der Waals surface area contributed by atoms with Crippen molar-refractivity contribution < 1.29 is 0 Å². The van der Waals surface area contributed by atoms with E-state index in [-0.39, 0.29) is 24.0 Å². The van der Waals surface area contributed by atoms with E-state index in [0.29, 0.717) is 0 Å². The quantitative estimate of drug-likeness (QED) is 0.560. The minimum atomic E-state index is -0.110. The molecule has 56 valence electrons. The first kappa shape index (κ1) is 9.70. The highest BCUT2D eigenvalue weighted by molar-refractivity contribution is 5.39. The lowest BCUT2D eigenvalue weighted by Gasteiger charge is -1.91. The highest BCUT2D eigenvalue weighted by Crippen LogP contribution is 2.09. The van der Waals surface area contributed by atoms with E-state index in [1.165, 1.54) is 0 Å². The van der Waals surface area contributed by atoms with E-state index in [9.17, 15) is 0 Å². The molecule has 0 spiro atoms. The lowest BCUT2D eigenvalue weighted by molar-refractivity contribution is 1.17.